The number of aliphatic carboxylic acids is 2. The number of anilines is 3. The Bertz CT molecular complexity index is 6760. The summed E-state index contributed by atoms with van der Waals surface area (Å²) < 4.78 is 44.8. The molecule has 0 radical (unpaired) electrons. The Kier molecular flexibility index (Phi) is 30.2. The molecule has 3 atom stereocenters. The van der Waals surface area contributed by atoms with Gasteiger partial charge in [0.25, 0.3) is 46.4 Å². The number of carboxylic acids is 2. The second kappa shape index (κ2) is 42.6. The first-order valence-electron chi connectivity index (χ1n) is 40.8. The number of fused-ring (bicyclic) bond motifs is 3. The van der Waals surface area contributed by atoms with Gasteiger partial charge in [-0.25, -0.2) is 13.2 Å². The van der Waals surface area contributed by atoms with Crippen molar-refractivity contribution < 1.29 is 91.8 Å². The van der Waals surface area contributed by atoms with Crippen LogP contribution >= 0.6 is 69.3 Å². The molecule has 3 unspecified atom stereocenters. The van der Waals surface area contributed by atoms with Crippen LogP contribution in [0.5, 0.6) is 0 Å². The normalized spacial score (nSPS) is 15.6. The van der Waals surface area contributed by atoms with E-state index in [-0.39, 0.29) is 65.9 Å². The SMILES string of the molecule is CC(=O)O.CC(=O)O.Cc1ccc(/C(O)=C2\C(=O)C(=O)N(c3nnc(SCc4cccc5ccccc45)s3)C2c2ccc([N+](=O)[O-])cc2)cc1F.Cc1ccc(/C(O)=C2\C(=O)C(=O)N(c3nnc(SCc4cccc5ccccc45)s3)C2c2ccc([N+](=O)[O-])cc2)cc1F.Cc1ccc(/C(O)=C2\C(=O)C(=O)N(c3nnc(SCc4cccc5ccccc45)s3)C2c2ccc([N+](=O)[O-])cc2)cc1F. The van der Waals surface area contributed by atoms with Crippen molar-refractivity contribution in [3.05, 3.63) is 386 Å². The van der Waals surface area contributed by atoms with E-state index in [0.29, 0.717) is 63.7 Å². The fourth-order valence-corrected chi connectivity index (χ4v) is 20.4. The average molecular weight is 1960 g/mol. The van der Waals surface area contributed by atoms with Crippen molar-refractivity contribution in [1.82, 2.24) is 30.6 Å². The predicted octanol–water partition coefficient (Wildman–Crippen LogP) is 21.1. The summed E-state index contributed by atoms with van der Waals surface area (Å²) in [6.07, 6.45) is 0. The Balaban J connectivity index is 0.000000158. The maximum atomic E-state index is 14.4. The standard InChI is InChI=1S/3C31H21FN4O5S2.2C2H4O2/c3*1-17-9-10-20(15-24(17)32)27(37)25-26(19-11-13-22(14-12-19)36(40)41)35(29(39)28(25)38)30-33-34-31(43-30)42-16-21-7-4-6-18-5-2-3-8-23(18)21;2*1-2(3)4/h3*2-15,26,37H,16H2,1H3;2*1H3,(H,3,4)/b3*27-25+;;. The van der Waals surface area contributed by atoms with Gasteiger partial charge in [-0.2, -0.15) is 0 Å². The van der Waals surface area contributed by atoms with E-state index in [9.17, 15) is 87.6 Å². The van der Waals surface area contributed by atoms with Crippen LogP contribution in [0.15, 0.2) is 285 Å². The van der Waals surface area contributed by atoms with Gasteiger partial charge >= 0.3 is 17.7 Å². The van der Waals surface area contributed by atoms with Crippen LogP contribution in [0.2, 0.25) is 0 Å². The van der Waals surface area contributed by atoms with Crippen molar-refractivity contribution in [2.75, 3.05) is 14.7 Å². The van der Waals surface area contributed by atoms with Gasteiger partial charge in [0.2, 0.25) is 15.4 Å². The average Bonchev–Trinajstić information content (AvgIpc) is 1.60. The van der Waals surface area contributed by atoms with Crippen molar-refractivity contribution in [2.24, 2.45) is 0 Å². The zero-order valence-electron chi connectivity index (χ0n) is 72.0. The number of amides is 3. The zero-order valence-corrected chi connectivity index (χ0v) is 76.9. The van der Waals surface area contributed by atoms with Gasteiger partial charge in [0.1, 0.15) is 34.7 Å². The largest absolute Gasteiger partial charge is 0.507 e. The molecule has 6 heterocycles. The number of ketones is 3. The molecule has 18 rings (SSSR count). The van der Waals surface area contributed by atoms with Crippen LogP contribution in [0.4, 0.5) is 45.6 Å². The van der Waals surface area contributed by atoms with E-state index in [1.54, 1.807) is 20.8 Å². The minimum Gasteiger partial charge on any atom is -0.507 e. The molecule has 690 valence electrons. The number of Topliss-reactive ketones (excluding diaryl/α,β-unsaturated/α-hetero) is 3. The number of aliphatic hydroxyl groups is 3. The Morgan fingerprint density at radius 2 is 0.584 bits per heavy atom. The highest BCUT2D eigenvalue weighted by atomic mass is 32.2. The van der Waals surface area contributed by atoms with Gasteiger partial charge in [0, 0.05) is 84.2 Å². The number of nitro groups is 3. The number of thioether (sulfide) groups is 3. The van der Waals surface area contributed by atoms with Crippen molar-refractivity contribution in [2.45, 2.75) is 83.0 Å². The number of carbonyl (C=O) groups is 8. The van der Waals surface area contributed by atoms with Gasteiger partial charge in [-0.15, -0.1) is 30.6 Å². The monoisotopic (exact) mass is 1960 g/mol. The molecule has 15 aromatic rings. The molecule has 137 heavy (non-hydrogen) atoms. The Hall–Kier alpha value is -15.9. The van der Waals surface area contributed by atoms with E-state index in [0.717, 1.165) is 130 Å². The number of rotatable bonds is 21. The van der Waals surface area contributed by atoms with Crippen LogP contribution in [-0.4, -0.2) is 118 Å². The molecule has 0 saturated carbocycles. The maximum Gasteiger partial charge on any atom is 0.301 e. The maximum absolute atomic E-state index is 14.4. The third-order valence-corrected chi connectivity index (χ3v) is 27.7. The summed E-state index contributed by atoms with van der Waals surface area (Å²) in [6, 6.07) is 66.4. The molecule has 3 fully saturated rings. The van der Waals surface area contributed by atoms with Gasteiger partial charge in [0.05, 0.1) is 49.6 Å². The minimum atomic E-state index is -1.19. The van der Waals surface area contributed by atoms with Crippen molar-refractivity contribution in [3.8, 4) is 0 Å². The van der Waals surface area contributed by atoms with Gasteiger partial charge in [0.15, 0.2) is 13.0 Å². The number of nitrogens with zero attached hydrogens (tertiary/aromatic N) is 12. The third-order valence-electron chi connectivity index (χ3n) is 21.4. The van der Waals surface area contributed by atoms with Crippen LogP contribution in [0.3, 0.4) is 0 Å². The summed E-state index contributed by atoms with van der Waals surface area (Å²) in [5.41, 5.74) is 3.85. The predicted molar refractivity (Wildman–Crippen MR) is 514 cm³/mol. The number of nitro benzene ring substituents is 3. The molecule has 3 aliphatic heterocycles. The summed E-state index contributed by atoms with van der Waals surface area (Å²) in [5.74, 6) is -9.29. The number of non-ortho nitro benzene ring substituents is 3. The second-order valence-electron chi connectivity index (χ2n) is 30.3. The lowest BCUT2D eigenvalue weighted by molar-refractivity contribution is -0.385. The molecular formula is C97H71F3N12O19S6. The topological polar surface area (TPSA) is 454 Å². The first-order valence-corrected chi connectivity index (χ1v) is 46.2. The van der Waals surface area contributed by atoms with Gasteiger partial charge < -0.3 is 25.5 Å². The minimum absolute atomic E-state index is 0.0107. The number of aryl methyl sites for hydroxylation is 3. The Morgan fingerprint density at radius 1 is 0.350 bits per heavy atom. The number of hydrogen-bond donors (Lipinski definition) is 5. The number of aliphatic hydroxyl groups excluding tert-OH is 3. The summed E-state index contributed by atoms with van der Waals surface area (Å²) in [6.45, 7) is 6.83. The number of hydrogen-bond acceptors (Lipinski definition) is 29. The van der Waals surface area contributed by atoms with E-state index in [1.807, 2.05) is 127 Å². The molecule has 0 aliphatic carbocycles. The first kappa shape index (κ1) is 97.2. The summed E-state index contributed by atoms with van der Waals surface area (Å²) in [5, 5.41) is 115. The number of halogens is 3. The molecule has 3 saturated heterocycles. The van der Waals surface area contributed by atoms with E-state index in [4.69, 9.17) is 19.8 Å². The molecular weight excluding hydrogens is 1890 g/mol. The highest BCUT2D eigenvalue weighted by Crippen LogP contribution is 2.50. The molecule has 3 aliphatic rings. The van der Waals surface area contributed by atoms with Gasteiger partial charge in [-0.1, -0.05) is 233 Å². The number of aromatic nitrogens is 6. The lowest BCUT2D eigenvalue weighted by atomic mass is 9.95. The van der Waals surface area contributed by atoms with E-state index < -0.39 is 115 Å². The second-order valence-corrected chi connectivity index (χ2v) is 36.9. The van der Waals surface area contributed by atoms with Crippen LogP contribution < -0.4 is 14.7 Å². The summed E-state index contributed by atoms with van der Waals surface area (Å²) in [7, 11) is 0. The summed E-state index contributed by atoms with van der Waals surface area (Å²) in [4.78, 5) is 134. The molecule has 0 spiro atoms. The highest BCUT2D eigenvalue weighted by molar-refractivity contribution is 8.00. The zero-order chi connectivity index (χ0) is 97.9. The summed E-state index contributed by atoms with van der Waals surface area (Å²) >= 11 is 7.58. The lowest BCUT2D eigenvalue weighted by Gasteiger charge is -2.22. The molecule has 12 aromatic carbocycles. The molecule has 3 aromatic heterocycles. The first-order chi connectivity index (χ1) is 65.6. The van der Waals surface area contributed by atoms with Gasteiger partial charge in [-0.3, -0.25) is 83.4 Å². The molecule has 3 amide bonds. The smallest absolute Gasteiger partial charge is 0.301 e. The highest BCUT2D eigenvalue weighted by Gasteiger charge is 2.52. The Morgan fingerprint density at radius 3 is 0.818 bits per heavy atom. The number of benzene rings is 12. The Labute approximate surface area is 799 Å². The van der Waals surface area contributed by atoms with Crippen LogP contribution in [0, 0.1) is 68.6 Å². The lowest BCUT2D eigenvalue weighted by Crippen LogP contribution is -2.29. The molecule has 0 bridgehead atoms. The molecule has 31 nitrogen and oxygen atoms in total. The fourth-order valence-electron chi connectivity index (χ4n) is 14.8. The molecule has 5 N–H and O–H groups in total. The number of carbonyl (C=O) groups excluding carboxylic acids is 6. The third kappa shape index (κ3) is 21.7. The van der Waals surface area contributed by atoms with E-state index in [2.05, 4.69) is 30.6 Å². The van der Waals surface area contributed by atoms with Crippen LogP contribution in [0.25, 0.3) is 49.6 Å². The van der Waals surface area contributed by atoms with Gasteiger partial charge in [-0.05, 0) is 158 Å². The number of carboxylic acid groups (broad SMARTS) is 2. The van der Waals surface area contributed by atoms with Crippen LogP contribution in [0.1, 0.15) is 98.7 Å². The van der Waals surface area contributed by atoms with Crippen LogP contribution in [-0.2, 0) is 55.6 Å². The fraction of sp³-hybridized carbons (Fsp3) is 0.113. The quantitative estimate of drug-likeness (QED) is 0.00848. The molecule has 40 heteroatoms. The van der Waals surface area contributed by atoms with Crippen molar-refractivity contribution in [3.63, 3.8) is 0 Å². The van der Waals surface area contributed by atoms with Crippen molar-refractivity contribution in [1.29, 1.82) is 0 Å². The van der Waals surface area contributed by atoms with E-state index in [1.165, 1.54) is 144 Å². The van der Waals surface area contributed by atoms with Crippen molar-refractivity contribution >= 4 is 198 Å². The van der Waals surface area contributed by atoms with E-state index >= 15 is 0 Å².